The van der Waals surface area contributed by atoms with E-state index in [4.69, 9.17) is 4.52 Å². The number of carbonyl (C=O) groups excluding carboxylic acids is 1. The van der Waals surface area contributed by atoms with Gasteiger partial charge in [0.2, 0.25) is 0 Å². The van der Waals surface area contributed by atoms with Crippen LogP contribution in [0, 0.1) is 0 Å². The fourth-order valence-electron chi connectivity index (χ4n) is 2.17. The molecular weight excluding hydrogens is 280 g/mol. The molecule has 3 aromatic rings. The monoisotopic (exact) mass is 296 g/mol. The molecule has 112 valence electrons. The minimum atomic E-state index is -0.198. The van der Waals surface area contributed by atoms with E-state index in [1.54, 1.807) is 12.3 Å². The molecule has 3 heterocycles. The molecule has 0 radical (unpaired) electrons. The molecule has 0 saturated carbocycles. The molecule has 0 aliphatic carbocycles. The van der Waals surface area contributed by atoms with E-state index in [1.165, 1.54) is 6.20 Å². The van der Waals surface area contributed by atoms with Crippen molar-refractivity contribution in [3.05, 3.63) is 53.6 Å². The Balaban J connectivity index is 1.80. The third-order valence-electron chi connectivity index (χ3n) is 3.32. The van der Waals surface area contributed by atoms with Crippen molar-refractivity contribution in [1.82, 2.24) is 20.4 Å². The quantitative estimate of drug-likeness (QED) is 0.800. The number of hydrogen-bond donors (Lipinski definition) is 1. The van der Waals surface area contributed by atoms with Crippen molar-refractivity contribution in [3.8, 4) is 0 Å². The first-order valence-electron chi connectivity index (χ1n) is 7.08. The van der Waals surface area contributed by atoms with Gasteiger partial charge in [-0.25, -0.2) is 4.98 Å². The summed E-state index contributed by atoms with van der Waals surface area (Å²) < 4.78 is 5.17. The van der Waals surface area contributed by atoms with Crippen LogP contribution in [0.4, 0.5) is 0 Å². The summed E-state index contributed by atoms with van der Waals surface area (Å²) in [6.45, 7) is 4.41. The molecule has 6 nitrogen and oxygen atoms in total. The van der Waals surface area contributed by atoms with Crippen molar-refractivity contribution in [3.63, 3.8) is 0 Å². The maximum absolute atomic E-state index is 12.2. The number of aromatic nitrogens is 3. The molecule has 0 atom stereocenters. The van der Waals surface area contributed by atoms with E-state index in [9.17, 15) is 4.79 Å². The van der Waals surface area contributed by atoms with E-state index in [0.717, 1.165) is 16.8 Å². The van der Waals surface area contributed by atoms with Gasteiger partial charge in [0.25, 0.3) is 11.6 Å². The van der Waals surface area contributed by atoms with Crippen molar-refractivity contribution in [2.24, 2.45) is 0 Å². The van der Waals surface area contributed by atoms with Gasteiger partial charge in [0.15, 0.2) is 0 Å². The molecule has 0 aromatic carbocycles. The van der Waals surface area contributed by atoms with Crippen LogP contribution in [-0.2, 0) is 6.54 Å². The van der Waals surface area contributed by atoms with Crippen LogP contribution >= 0.6 is 0 Å². The molecule has 0 fully saturated rings. The Labute approximate surface area is 127 Å². The fraction of sp³-hybridized carbons (Fsp3) is 0.250. The third-order valence-corrected chi connectivity index (χ3v) is 3.32. The van der Waals surface area contributed by atoms with E-state index in [-0.39, 0.29) is 11.8 Å². The standard InChI is InChI=1S/C16H16N4O2/c1-10(2)14-13-7-11(8-19-16(13)22-20-14)15(21)18-9-12-5-3-4-6-17-12/h3-8,10H,9H2,1-2H3,(H,18,21). The molecule has 3 rings (SSSR count). The fourth-order valence-corrected chi connectivity index (χ4v) is 2.17. The number of amides is 1. The van der Waals surface area contributed by atoms with Gasteiger partial charge in [0.05, 0.1) is 28.9 Å². The second-order valence-electron chi connectivity index (χ2n) is 5.30. The lowest BCUT2D eigenvalue weighted by atomic mass is 10.1. The molecule has 1 N–H and O–H groups in total. The maximum atomic E-state index is 12.2. The van der Waals surface area contributed by atoms with Crippen molar-refractivity contribution >= 4 is 17.0 Å². The molecule has 0 unspecified atom stereocenters. The summed E-state index contributed by atoms with van der Waals surface area (Å²) in [7, 11) is 0. The predicted octanol–water partition coefficient (Wildman–Crippen LogP) is 2.67. The average Bonchev–Trinajstić information content (AvgIpc) is 2.96. The molecule has 0 bridgehead atoms. The highest BCUT2D eigenvalue weighted by Gasteiger charge is 2.15. The van der Waals surface area contributed by atoms with Crippen LogP contribution in [0.15, 0.2) is 41.2 Å². The van der Waals surface area contributed by atoms with E-state index in [2.05, 4.69) is 20.4 Å². The number of carbonyl (C=O) groups is 1. The molecule has 22 heavy (non-hydrogen) atoms. The van der Waals surface area contributed by atoms with E-state index >= 15 is 0 Å². The summed E-state index contributed by atoms with van der Waals surface area (Å²) >= 11 is 0. The zero-order valence-electron chi connectivity index (χ0n) is 12.4. The summed E-state index contributed by atoms with van der Waals surface area (Å²) in [5.41, 5.74) is 2.54. The number of nitrogens with one attached hydrogen (secondary N) is 1. The Kier molecular flexibility index (Phi) is 3.82. The first-order chi connectivity index (χ1) is 10.6. The Hall–Kier alpha value is -2.76. The van der Waals surface area contributed by atoms with Crippen LogP contribution in [-0.4, -0.2) is 21.0 Å². The van der Waals surface area contributed by atoms with Gasteiger partial charge in [0, 0.05) is 12.4 Å². The lowest BCUT2D eigenvalue weighted by Gasteiger charge is -2.05. The van der Waals surface area contributed by atoms with Crippen molar-refractivity contribution in [1.29, 1.82) is 0 Å². The predicted molar refractivity (Wildman–Crippen MR) is 81.3 cm³/mol. The van der Waals surface area contributed by atoms with Gasteiger partial charge >= 0.3 is 0 Å². The lowest BCUT2D eigenvalue weighted by Crippen LogP contribution is -2.23. The molecular formula is C16H16N4O2. The van der Waals surface area contributed by atoms with Gasteiger partial charge in [-0.3, -0.25) is 9.78 Å². The van der Waals surface area contributed by atoms with Crippen LogP contribution in [0.5, 0.6) is 0 Å². The molecule has 1 amide bonds. The molecule has 6 heteroatoms. The van der Waals surface area contributed by atoms with Crippen molar-refractivity contribution in [2.75, 3.05) is 0 Å². The highest BCUT2D eigenvalue weighted by molar-refractivity contribution is 5.97. The average molecular weight is 296 g/mol. The first kappa shape index (κ1) is 14.2. The van der Waals surface area contributed by atoms with Crippen molar-refractivity contribution in [2.45, 2.75) is 26.3 Å². The molecule has 0 aliphatic rings. The highest BCUT2D eigenvalue weighted by Crippen LogP contribution is 2.23. The number of pyridine rings is 2. The normalized spacial score (nSPS) is 11.0. The summed E-state index contributed by atoms with van der Waals surface area (Å²) in [6, 6.07) is 7.34. The highest BCUT2D eigenvalue weighted by atomic mass is 16.5. The number of nitrogens with zero attached hydrogens (tertiary/aromatic N) is 3. The Morgan fingerprint density at radius 3 is 2.91 bits per heavy atom. The second kappa shape index (κ2) is 5.93. The Morgan fingerprint density at radius 2 is 2.18 bits per heavy atom. The second-order valence-corrected chi connectivity index (χ2v) is 5.30. The summed E-state index contributed by atoms with van der Waals surface area (Å²) in [4.78, 5) is 20.6. The maximum Gasteiger partial charge on any atom is 0.257 e. The summed E-state index contributed by atoms with van der Waals surface area (Å²) in [6.07, 6.45) is 3.19. The van der Waals surface area contributed by atoms with E-state index in [1.807, 2.05) is 32.0 Å². The van der Waals surface area contributed by atoms with E-state index < -0.39 is 0 Å². The number of fused-ring (bicyclic) bond motifs is 1. The van der Waals surface area contributed by atoms with Gasteiger partial charge < -0.3 is 9.84 Å². The first-order valence-corrected chi connectivity index (χ1v) is 7.08. The minimum absolute atomic E-state index is 0.198. The molecule has 0 aliphatic heterocycles. The molecule has 0 saturated heterocycles. The van der Waals surface area contributed by atoms with Crippen LogP contribution < -0.4 is 5.32 Å². The van der Waals surface area contributed by atoms with Gasteiger partial charge in [-0.05, 0) is 24.1 Å². The van der Waals surface area contributed by atoms with Crippen LogP contribution in [0.3, 0.4) is 0 Å². The van der Waals surface area contributed by atoms with Gasteiger partial charge in [0.1, 0.15) is 0 Å². The zero-order chi connectivity index (χ0) is 15.5. The van der Waals surface area contributed by atoms with Crippen molar-refractivity contribution < 1.29 is 9.32 Å². The Morgan fingerprint density at radius 1 is 1.32 bits per heavy atom. The molecule has 3 aromatic heterocycles. The smallest absolute Gasteiger partial charge is 0.257 e. The number of rotatable bonds is 4. The van der Waals surface area contributed by atoms with Crippen LogP contribution in [0.25, 0.3) is 11.1 Å². The zero-order valence-corrected chi connectivity index (χ0v) is 12.4. The SMILES string of the molecule is CC(C)c1noc2ncc(C(=O)NCc3ccccn3)cc12. The molecule has 0 spiro atoms. The van der Waals surface area contributed by atoms with Crippen LogP contribution in [0.2, 0.25) is 0 Å². The largest absolute Gasteiger partial charge is 0.346 e. The van der Waals surface area contributed by atoms with Gasteiger partial charge in [-0.2, -0.15) is 0 Å². The van der Waals surface area contributed by atoms with Gasteiger partial charge in [-0.15, -0.1) is 0 Å². The Bertz CT molecular complexity index is 796. The topological polar surface area (TPSA) is 80.9 Å². The lowest BCUT2D eigenvalue weighted by molar-refractivity contribution is 0.0950. The summed E-state index contributed by atoms with van der Waals surface area (Å²) in [5.74, 6) is 0.00541. The summed E-state index contributed by atoms with van der Waals surface area (Å²) in [5, 5.41) is 7.62. The number of hydrogen-bond acceptors (Lipinski definition) is 5. The van der Waals surface area contributed by atoms with E-state index in [0.29, 0.717) is 17.8 Å². The van der Waals surface area contributed by atoms with Crippen LogP contribution in [0.1, 0.15) is 41.5 Å². The third kappa shape index (κ3) is 2.81. The van der Waals surface area contributed by atoms with Gasteiger partial charge in [-0.1, -0.05) is 25.1 Å². The minimum Gasteiger partial charge on any atom is -0.346 e.